The smallest absolute Gasteiger partial charge is 0.273 e. The van der Waals surface area contributed by atoms with E-state index in [4.69, 9.17) is 4.98 Å². The van der Waals surface area contributed by atoms with Crippen LogP contribution in [-0.4, -0.2) is 28.5 Å². The number of nitrogens with zero attached hydrogens (tertiary/aromatic N) is 3. The van der Waals surface area contributed by atoms with Gasteiger partial charge >= 0.3 is 0 Å². The molecule has 4 aromatic rings. The summed E-state index contributed by atoms with van der Waals surface area (Å²) in [4.78, 5) is 33.3. The van der Waals surface area contributed by atoms with Crippen molar-refractivity contribution in [2.45, 2.75) is 26.3 Å². The molecule has 1 saturated heterocycles. The van der Waals surface area contributed by atoms with Crippen molar-refractivity contribution in [2.75, 3.05) is 23.3 Å². The fraction of sp³-hybridized carbons (Fsp3) is 0.269. The highest BCUT2D eigenvalue weighted by Crippen LogP contribution is 2.26. The molecule has 0 bridgehead atoms. The number of piperidine rings is 1. The number of aryl methyl sites for hydroxylation is 1. The van der Waals surface area contributed by atoms with E-state index in [1.807, 2.05) is 47.5 Å². The van der Waals surface area contributed by atoms with Gasteiger partial charge in [-0.05, 0) is 66.6 Å². The van der Waals surface area contributed by atoms with E-state index in [9.17, 15) is 14.0 Å². The third kappa shape index (κ3) is 4.59. The van der Waals surface area contributed by atoms with Gasteiger partial charge in [-0.2, -0.15) is 0 Å². The standard InChI is InChI=1S/C26H25FN4O2S/c1-17-4-2-6-21(14-17)28-24(32)19-5-3-12-30(16-19)26-29-22-11-13-34-23(22)25(33)31(26)15-18-7-9-20(27)10-8-18/h2,4,6-11,13-14,19H,3,5,12,15-16H2,1H3,(H,28,32)/t19-/m0/s1. The topological polar surface area (TPSA) is 67.2 Å². The Labute approximate surface area is 200 Å². The van der Waals surface area contributed by atoms with Gasteiger partial charge in [0.1, 0.15) is 10.5 Å². The minimum atomic E-state index is -0.318. The summed E-state index contributed by atoms with van der Waals surface area (Å²) in [6.45, 7) is 3.46. The number of fused-ring (bicyclic) bond motifs is 1. The Kier molecular flexibility index (Phi) is 6.15. The van der Waals surface area contributed by atoms with Crippen molar-refractivity contribution in [1.82, 2.24) is 9.55 Å². The predicted molar refractivity (Wildman–Crippen MR) is 134 cm³/mol. The summed E-state index contributed by atoms with van der Waals surface area (Å²) in [6.07, 6.45) is 1.59. The van der Waals surface area contributed by atoms with Gasteiger partial charge in [-0.3, -0.25) is 14.2 Å². The Morgan fingerprint density at radius 1 is 1.21 bits per heavy atom. The second-order valence-corrected chi connectivity index (χ2v) is 9.62. The number of hydrogen-bond donors (Lipinski definition) is 1. The van der Waals surface area contributed by atoms with Crippen LogP contribution in [0.1, 0.15) is 24.0 Å². The van der Waals surface area contributed by atoms with Crippen LogP contribution in [-0.2, 0) is 11.3 Å². The van der Waals surface area contributed by atoms with E-state index < -0.39 is 0 Å². The maximum absolute atomic E-state index is 13.4. The lowest BCUT2D eigenvalue weighted by Gasteiger charge is -2.34. The van der Waals surface area contributed by atoms with Crippen LogP contribution in [0.2, 0.25) is 0 Å². The monoisotopic (exact) mass is 476 g/mol. The highest BCUT2D eigenvalue weighted by molar-refractivity contribution is 7.17. The van der Waals surface area contributed by atoms with E-state index in [1.54, 1.807) is 16.7 Å². The van der Waals surface area contributed by atoms with Crippen molar-refractivity contribution in [3.63, 3.8) is 0 Å². The van der Waals surface area contributed by atoms with Gasteiger partial charge in [0.15, 0.2) is 0 Å². The summed E-state index contributed by atoms with van der Waals surface area (Å²) >= 11 is 1.37. The number of hydrogen-bond acceptors (Lipinski definition) is 5. The van der Waals surface area contributed by atoms with Gasteiger partial charge in [-0.15, -0.1) is 11.3 Å². The fourth-order valence-electron chi connectivity index (χ4n) is 4.43. The maximum atomic E-state index is 13.4. The molecule has 174 valence electrons. The molecule has 0 radical (unpaired) electrons. The summed E-state index contributed by atoms with van der Waals surface area (Å²) in [5.74, 6) is -0.0159. The van der Waals surface area contributed by atoms with Gasteiger partial charge in [0.25, 0.3) is 5.56 Å². The quantitative estimate of drug-likeness (QED) is 0.449. The molecule has 34 heavy (non-hydrogen) atoms. The van der Waals surface area contributed by atoms with Gasteiger partial charge in [0, 0.05) is 18.8 Å². The van der Waals surface area contributed by atoms with E-state index in [1.165, 1.54) is 23.5 Å². The normalized spacial score (nSPS) is 16.1. The van der Waals surface area contributed by atoms with Gasteiger partial charge in [-0.25, -0.2) is 9.37 Å². The first-order valence-corrected chi connectivity index (χ1v) is 12.2. The zero-order valence-electron chi connectivity index (χ0n) is 18.8. The first kappa shape index (κ1) is 22.3. The molecule has 3 heterocycles. The summed E-state index contributed by atoms with van der Waals surface area (Å²) in [5.41, 5.74) is 3.22. The summed E-state index contributed by atoms with van der Waals surface area (Å²) in [5, 5.41) is 4.89. The molecule has 5 rings (SSSR count). The van der Waals surface area contributed by atoms with Crippen LogP contribution in [0.5, 0.6) is 0 Å². The number of carbonyl (C=O) groups excluding carboxylic acids is 1. The largest absolute Gasteiger partial charge is 0.341 e. The van der Waals surface area contributed by atoms with E-state index in [2.05, 4.69) is 5.32 Å². The minimum absolute atomic E-state index is 0.0284. The number of anilines is 2. The number of aromatic nitrogens is 2. The minimum Gasteiger partial charge on any atom is -0.341 e. The predicted octanol–water partition coefficient (Wildman–Crippen LogP) is 4.81. The molecule has 2 aromatic carbocycles. The molecular formula is C26H25FN4O2S. The molecule has 0 saturated carbocycles. The molecule has 1 N–H and O–H groups in total. The number of benzene rings is 2. The molecule has 1 atom stereocenters. The third-order valence-electron chi connectivity index (χ3n) is 6.16. The lowest BCUT2D eigenvalue weighted by molar-refractivity contribution is -0.120. The molecule has 1 amide bonds. The molecule has 1 aliphatic heterocycles. The SMILES string of the molecule is Cc1cccc(NC(=O)[C@H]2CCCN(c3nc4ccsc4c(=O)n3Cc3ccc(F)cc3)C2)c1. The van der Waals surface area contributed by atoms with Crippen LogP contribution in [0, 0.1) is 18.7 Å². The molecule has 0 spiro atoms. The second kappa shape index (κ2) is 9.38. The second-order valence-electron chi connectivity index (χ2n) is 8.71. The Balaban J connectivity index is 1.44. The molecule has 6 nitrogen and oxygen atoms in total. The van der Waals surface area contributed by atoms with Crippen molar-refractivity contribution in [1.29, 1.82) is 0 Å². The third-order valence-corrected chi connectivity index (χ3v) is 7.05. The van der Waals surface area contributed by atoms with Crippen LogP contribution >= 0.6 is 11.3 Å². The Morgan fingerprint density at radius 2 is 2.03 bits per heavy atom. The summed E-state index contributed by atoms with van der Waals surface area (Å²) in [6, 6.07) is 15.7. The molecule has 0 unspecified atom stereocenters. The average molecular weight is 477 g/mol. The Morgan fingerprint density at radius 3 is 2.82 bits per heavy atom. The Bertz CT molecular complexity index is 1400. The number of rotatable bonds is 5. The lowest BCUT2D eigenvalue weighted by Crippen LogP contribution is -2.43. The molecule has 1 fully saturated rings. The van der Waals surface area contributed by atoms with Crippen LogP contribution in [0.15, 0.2) is 64.8 Å². The van der Waals surface area contributed by atoms with Crippen molar-refractivity contribution < 1.29 is 9.18 Å². The van der Waals surface area contributed by atoms with E-state index in [0.717, 1.165) is 29.7 Å². The van der Waals surface area contributed by atoms with Crippen molar-refractivity contribution in [3.05, 3.63) is 87.3 Å². The van der Waals surface area contributed by atoms with Gasteiger partial charge in [-0.1, -0.05) is 24.3 Å². The highest BCUT2D eigenvalue weighted by atomic mass is 32.1. The first-order chi connectivity index (χ1) is 16.5. The van der Waals surface area contributed by atoms with Crippen molar-refractivity contribution >= 4 is 39.1 Å². The van der Waals surface area contributed by atoms with Crippen LogP contribution in [0.3, 0.4) is 0 Å². The number of halogens is 1. The summed E-state index contributed by atoms with van der Waals surface area (Å²) in [7, 11) is 0. The average Bonchev–Trinajstić information content (AvgIpc) is 3.31. The van der Waals surface area contributed by atoms with Crippen molar-refractivity contribution in [3.8, 4) is 0 Å². The number of thiophene rings is 1. The van der Waals surface area contributed by atoms with E-state index >= 15 is 0 Å². The fourth-order valence-corrected chi connectivity index (χ4v) is 5.21. The van der Waals surface area contributed by atoms with Gasteiger partial charge in [0.2, 0.25) is 11.9 Å². The zero-order valence-corrected chi connectivity index (χ0v) is 19.6. The number of nitrogens with one attached hydrogen (secondary N) is 1. The van der Waals surface area contributed by atoms with Crippen LogP contribution < -0.4 is 15.8 Å². The highest BCUT2D eigenvalue weighted by Gasteiger charge is 2.29. The Hall–Kier alpha value is -3.52. The molecule has 8 heteroatoms. The molecular weight excluding hydrogens is 451 g/mol. The van der Waals surface area contributed by atoms with Gasteiger partial charge < -0.3 is 10.2 Å². The summed E-state index contributed by atoms with van der Waals surface area (Å²) < 4.78 is 15.7. The zero-order chi connectivity index (χ0) is 23.7. The van der Waals surface area contributed by atoms with Crippen molar-refractivity contribution in [2.24, 2.45) is 5.92 Å². The number of carbonyl (C=O) groups is 1. The molecule has 1 aliphatic rings. The van der Waals surface area contributed by atoms with Crippen LogP contribution in [0.25, 0.3) is 10.2 Å². The van der Waals surface area contributed by atoms with Crippen LogP contribution in [0.4, 0.5) is 16.0 Å². The molecule has 0 aliphatic carbocycles. The first-order valence-electron chi connectivity index (χ1n) is 11.3. The maximum Gasteiger partial charge on any atom is 0.273 e. The lowest BCUT2D eigenvalue weighted by atomic mass is 9.97. The van der Waals surface area contributed by atoms with E-state index in [0.29, 0.717) is 29.3 Å². The van der Waals surface area contributed by atoms with E-state index in [-0.39, 0.29) is 29.7 Å². The molecule has 2 aromatic heterocycles. The van der Waals surface area contributed by atoms with Gasteiger partial charge in [0.05, 0.1) is 18.0 Å². The number of amides is 1.